The summed E-state index contributed by atoms with van der Waals surface area (Å²) in [4.78, 5) is 112. The Morgan fingerprint density at radius 3 is 0.752 bits per heavy atom. The first-order valence-electron chi connectivity index (χ1n) is 34.6. The van der Waals surface area contributed by atoms with Gasteiger partial charge in [-0.3, -0.25) is 0 Å². The van der Waals surface area contributed by atoms with Crippen LogP contribution in [0.1, 0.15) is 163 Å². The molecular weight excluding hydrogens is 1420 g/mol. The Balaban J connectivity index is 0.000000374. The zero-order chi connectivity index (χ0) is 79.8. The van der Waals surface area contributed by atoms with Gasteiger partial charge in [-0.25, -0.2) is 47.9 Å². The van der Waals surface area contributed by atoms with Gasteiger partial charge in [0.05, 0.1) is 78.6 Å². The second-order valence-electron chi connectivity index (χ2n) is 22.4. The summed E-state index contributed by atoms with van der Waals surface area (Å²) < 4.78 is 61.6. The predicted molar refractivity (Wildman–Crippen MR) is 398 cm³/mol. The smallest absolute Gasteiger partial charge is 0.343 e. The fraction of sp³-hybridized carbons (Fsp3) is 0.293. The Morgan fingerprint density at radius 1 is 0.284 bits per heavy atom. The van der Waals surface area contributed by atoms with Gasteiger partial charge in [0.15, 0.2) is 13.6 Å². The van der Waals surface area contributed by atoms with E-state index in [1.807, 2.05) is 6.92 Å². The van der Waals surface area contributed by atoms with Crippen LogP contribution in [-0.4, -0.2) is 152 Å². The predicted octanol–water partition coefficient (Wildman–Crippen LogP) is 14.7. The highest BCUT2D eigenvalue weighted by molar-refractivity contribution is 5.94. The summed E-state index contributed by atoms with van der Waals surface area (Å²) in [5, 5.41) is 43.8. The number of ether oxygens (including phenoxy) is 12. The van der Waals surface area contributed by atoms with Crippen LogP contribution in [0.3, 0.4) is 0 Å². The van der Waals surface area contributed by atoms with Gasteiger partial charge in [0.2, 0.25) is 0 Å². The van der Waals surface area contributed by atoms with Crippen LogP contribution >= 0.6 is 0 Å². The van der Waals surface area contributed by atoms with E-state index >= 15 is 0 Å². The van der Waals surface area contributed by atoms with E-state index in [4.69, 9.17) is 82.4 Å². The van der Waals surface area contributed by atoms with Crippen molar-refractivity contribution in [2.45, 2.75) is 90.9 Å². The Bertz CT molecular complexity index is 3890. The highest BCUT2D eigenvalue weighted by atomic mass is 16.7. The number of carbonyl (C=O) groups excluding carboxylic acids is 7. The molecule has 7 aromatic rings. The molecule has 0 aromatic heterocycles. The number of aromatic carboxylic acids is 3. The van der Waals surface area contributed by atoms with Crippen LogP contribution in [0.25, 0.3) is 0 Å². The molecule has 0 amide bonds. The average molecular weight is 1510 g/mol. The SMILES string of the molecule is C=CC(=O)OCCCCCCOc1ccc(C(=O)O)cc1.C=CC(=O)OCCCCCCOc1ccc(C(=O)Oc2ccc(C(=O)O)cc2)cc1.C=CC(=O)OCCCCCCOc1ccc(C(=O)Oc2ccc(C(=O)OCOCC)cc2)cc1.CCOCOC(=O)c1ccc(O)cc1.O=C(O)c1ccc(O)cc1. The first-order valence-corrected chi connectivity index (χ1v) is 34.6. The molecule has 0 radical (unpaired) electrons. The van der Waals surface area contributed by atoms with E-state index in [1.54, 1.807) is 67.6 Å². The van der Waals surface area contributed by atoms with Crippen LogP contribution < -0.4 is 23.7 Å². The van der Waals surface area contributed by atoms with Crippen molar-refractivity contribution in [3.05, 3.63) is 247 Å². The molecule has 0 saturated heterocycles. The van der Waals surface area contributed by atoms with Gasteiger partial charge in [0.1, 0.15) is 40.2 Å². The van der Waals surface area contributed by atoms with E-state index in [9.17, 15) is 47.9 Å². The van der Waals surface area contributed by atoms with E-state index in [-0.39, 0.29) is 53.5 Å². The van der Waals surface area contributed by atoms with Crippen LogP contribution in [0.15, 0.2) is 208 Å². The number of unbranched alkanes of at least 4 members (excludes halogenated alkanes) is 9. The maximum absolute atomic E-state index is 12.4. The Morgan fingerprint density at radius 2 is 0.505 bits per heavy atom. The molecule has 0 spiro atoms. The lowest BCUT2D eigenvalue weighted by molar-refractivity contribution is -0.138. The number of carboxylic acids is 3. The number of phenols is 2. The molecule has 0 unspecified atom stereocenters. The lowest BCUT2D eigenvalue weighted by Crippen LogP contribution is -2.10. The van der Waals surface area contributed by atoms with E-state index in [1.165, 1.54) is 109 Å². The zero-order valence-electron chi connectivity index (χ0n) is 60.8. The number of esters is 7. The molecule has 0 aliphatic heterocycles. The second kappa shape index (κ2) is 54.9. The van der Waals surface area contributed by atoms with Gasteiger partial charge in [0, 0.05) is 31.4 Å². The van der Waals surface area contributed by atoms with Gasteiger partial charge in [0.25, 0.3) is 0 Å². The minimum Gasteiger partial charge on any atom is -0.508 e. The van der Waals surface area contributed by atoms with Crippen molar-refractivity contribution < 1.29 is 130 Å². The third-order valence-corrected chi connectivity index (χ3v) is 14.2. The molecule has 7 aromatic carbocycles. The summed E-state index contributed by atoms with van der Waals surface area (Å²) in [5.41, 5.74) is 2.00. The monoisotopic (exact) mass is 1510 g/mol. The summed E-state index contributed by atoms with van der Waals surface area (Å²) >= 11 is 0. The summed E-state index contributed by atoms with van der Waals surface area (Å²) in [7, 11) is 0. The zero-order valence-corrected chi connectivity index (χ0v) is 60.8. The fourth-order valence-corrected chi connectivity index (χ4v) is 8.39. The molecule has 7 rings (SSSR count). The van der Waals surface area contributed by atoms with Crippen LogP contribution in [0.4, 0.5) is 0 Å². The Kier molecular flexibility index (Phi) is 45.6. The van der Waals surface area contributed by atoms with Crippen LogP contribution in [-0.2, 0) is 47.5 Å². The Hall–Kier alpha value is -12.6. The first kappa shape index (κ1) is 90.6. The van der Waals surface area contributed by atoms with Crippen molar-refractivity contribution in [3.8, 4) is 40.2 Å². The van der Waals surface area contributed by atoms with Gasteiger partial charge in [-0.2, -0.15) is 0 Å². The molecule has 0 saturated carbocycles. The van der Waals surface area contributed by atoms with Gasteiger partial charge >= 0.3 is 59.7 Å². The van der Waals surface area contributed by atoms with Crippen molar-refractivity contribution in [1.29, 1.82) is 0 Å². The summed E-state index contributed by atoms with van der Waals surface area (Å²) in [6.45, 7) is 17.3. The van der Waals surface area contributed by atoms with Crippen molar-refractivity contribution >= 4 is 59.7 Å². The molecule has 0 fully saturated rings. The number of rotatable bonds is 42. The summed E-state index contributed by atoms with van der Waals surface area (Å²) in [6.07, 6.45) is 14.3. The maximum Gasteiger partial charge on any atom is 0.343 e. The summed E-state index contributed by atoms with van der Waals surface area (Å²) in [6, 6.07) is 42.5. The average Bonchev–Trinajstić information content (AvgIpc) is 0.893. The van der Waals surface area contributed by atoms with Crippen LogP contribution in [0.2, 0.25) is 0 Å². The minimum absolute atomic E-state index is 0.0454. The van der Waals surface area contributed by atoms with Crippen LogP contribution in [0, 0.1) is 0 Å². The van der Waals surface area contributed by atoms with E-state index in [2.05, 4.69) is 19.7 Å². The van der Waals surface area contributed by atoms with Gasteiger partial charge in [-0.1, -0.05) is 19.7 Å². The van der Waals surface area contributed by atoms with Crippen LogP contribution in [0.5, 0.6) is 40.2 Å². The van der Waals surface area contributed by atoms with Gasteiger partial charge < -0.3 is 82.4 Å². The van der Waals surface area contributed by atoms with Gasteiger partial charge in [-0.05, 0) is 261 Å². The molecule has 0 aliphatic carbocycles. The lowest BCUT2D eigenvalue weighted by atomic mass is 10.2. The molecule has 0 atom stereocenters. The third kappa shape index (κ3) is 41.0. The molecule has 0 heterocycles. The number of carboxylic acid groups (broad SMARTS) is 3. The highest BCUT2D eigenvalue weighted by Crippen LogP contribution is 2.21. The Labute approximate surface area is 631 Å². The number of phenolic OH excluding ortho intramolecular Hbond substituents is 2. The topological polar surface area (TPSA) is 383 Å². The van der Waals surface area contributed by atoms with Crippen molar-refractivity contribution in [2.24, 2.45) is 0 Å². The molecule has 582 valence electrons. The normalized spacial score (nSPS) is 10.0. The lowest BCUT2D eigenvalue weighted by Gasteiger charge is -2.08. The van der Waals surface area contributed by atoms with Crippen molar-refractivity contribution in [2.75, 3.05) is 66.4 Å². The van der Waals surface area contributed by atoms with Crippen molar-refractivity contribution in [1.82, 2.24) is 0 Å². The molecule has 109 heavy (non-hydrogen) atoms. The molecule has 27 nitrogen and oxygen atoms in total. The number of aromatic hydroxyl groups is 2. The molecule has 0 aliphatic rings. The minimum atomic E-state index is -1.04. The second-order valence-corrected chi connectivity index (χ2v) is 22.4. The van der Waals surface area contributed by atoms with Crippen molar-refractivity contribution in [3.63, 3.8) is 0 Å². The van der Waals surface area contributed by atoms with Gasteiger partial charge in [-0.15, -0.1) is 0 Å². The number of hydrogen-bond acceptors (Lipinski definition) is 24. The standard InChI is InChI=1S/C26H30O8.C23H24O7.C16H20O5.C10H12O4.C7H6O3/c1-3-24(27)32-18-8-6-5-7-17-31-22-13-9-21(10-14-22)26(29)34-23-15-11-20(12-16-23)25(28)33-19-30-4-2;1-2-21(24)29-16-6-4-3-5-15-28-19-11-9-18(10-12-19)23(27)30-20-13-7-17(8-14-20)22(25)26;1-2-15(17)21-12-6-4-3-5-11-20-14-9-7-13(8-10-14)16(18)19;1-2-13-7-14-10(12)8-3-5-9(11)6-4-8;8-6-3-1-5(2-4-6)7(9)10/h3,9-16H,1,4-8,17-19H2,2H3;2,7-14H,1,3-6,15-16H2,(H,25,26);2,7-10H,1,3-6,11-12H2,(H,18,19);3-6,11H,2,7H2,1H3;1-4,8H,(H,9,10). The fourth-order valence-electron chi connectivity index (χ4n) is 8.39. The van der Waals surface area contributed by atoms with E-state index < -0.39 is 53.7 Å². The van der Waals surface area contributed by atoms with E-state index in [0.717, 1.165) is 95.3 Å². The third-order valence-electron chi connectivity index (χ3n) is 14.2. The largest absolute Gasteiger partial charge is 0.508 e. The first-order chi connectivity index (χ1) is 52.6. The molecule has 27 heteroatoms. The molecular formula is C82H92O27. The summed E-state index contributed by atoms with van der Waals surface area (Å²) in [5.74, 6) is -3.45. The highest BCUT2D eigenvalue weighted by Gasteiger charge is 2.14. The molecule has 5 N–H and O–H groups in total. The number of carbonyl (C=O) groups is 10. The number of hydrogen-bond donors (Lipinski definition) is 5. The quantitative estimate of drug-likeness (QED) is 0.00592. The number of benzene rings is 7. The molecule has 0 bridgehead atoms. The maximum atomic E-state index is 12.4. The van der Waals surface area contributed by atoms with E-state index in [0.29, 0.717) is 98.1 Å².